The van der Waals surface area contributed by atoms with Crippen molar-refractivity contribution in [3.63, 3.8) is 0 Å². The van der Waals surface area contributed by atoms with Crippen molar-refractivity contribution in [3.8, 4) is 0 Å². The molecule has 0 rings (SSSR count). The van der Waals surface area contributed by atoms with Gasteiger partial charge in [0.15, 0.2) is 5.78 Å². The molecule has 0 aliphatic rings. The third-order valence-electron chi connectivity index (χ3n) is 0.868. The molecule has 0 aliphatic heterocycles. The Morgan fingerprint density at radius 3 is 2.12 bits per heavy atom. The zero-order chi connectivity index (χ0) is 6.78. The van der Waals surface area contributed by atoms with E-state index in [1.807, 2.05) is 0 Å². The maximum Gasteiger partial charge on any atom is 0.177 e. The smallest absolute Gasteiger partial charge is 0.177 e. The number of ketones is 1. The molecule has 0 aromatic carbocycles. The molecule has 0 amide bonds. The third kappa shape index (κ3) is 2.04. The first-order valence-electron chi connectivity index (χ1n) is 2.44. The molecule has 0 unspecified atom stereocenters. The second kappa shape index (κ2) is 2.24. The number of nitrogens with two attached hydrogens (primary N) is 1. The molecule has 0 spiro atoms. The van der Waals surface area contributed by atoms with Gasteiger partial charge in [-0.2, -0.15) is 0 Å². The lowest BCUT2D eigenvalue weighted by molar-refractivity contribution is -0.132. The topological polar surface area (TPSA) is 63.3 Å². The Kier molecular flexibility index (Phi) is 2.12. The molecule has 8 heavy (non-hydrogen) atoms. The molecule has 0 heterocycles. The maximum atomic E-state index is 10.5. The number of hydrogen-bond acceptors (Lipinski definition) is 3. The van der Waals surface area contributed by atoms with Gasteiger partial charge >= 0.3 is 0 Å². The van der Waals surface area contributed by atoms with Crippen molar-refractivity contribution < 1.29 is 9.90 Å². The first-order valence-corrected chi connectivity index (χ1v) is 2.44. The van der Waals surface area contributed by atoms with Crippen molar-refractivity contribution in [1.29, 1.82) is 0 Å². The average molecular weight is 117 g/mol. The summed E-state index contributed by atoms with van der Waals surface area (Å²) in [6.07, 6.45) is 0. The van der Waals surface area contributed by atoms with E-state index in [0.29, 0.717) is 0 Å². The molecule has 3 nitrogen and oxygen atoms in total. The number of carbonyl (C=O) groups excluding carboxylic acids is 1. The summed E-state index contributed by atoms with van der Waals surface area (Å²) in [5.74, 6) is -0.336. The number of carbonyl (C=O) groups is 1. The van der Waals surface area contributed by atoms with E-state index in [9.17, 15) is 4.79 Å². The molecule has 3 heteroatoms. The summed E-state index contributed by atoms with van der Waals surface area (Å²) in [7, 11) is 0. The Morgan fingerprint density at radius 2 is 2.12 bits per heavy atom. The van der Waals surface area contributed by atoms with Crippen LogP contribution in [0.3, 0.4) is 0 Å². The van der Waals surface area contributed by atoms with Crippen LogP contribution in [-0.2, 0) is 4.79 Å². The van der Waals surface area contributed by atoms with Crippen molar-refractivity contribution in [1.82, 2.24) is 0 Å². The molecule has 48 valence electrons. The van der Waals surface area contributed by atoms with Gasteiger partial charge in [-0.1, -0.05) is 0 Å². The minimum absolute atomic E-state index is 0.0938. The molecule has 3 N–H and O–H groups in total. The molecular weight excluding hydrogens is 106 g/mol. The van der Waals surface area contributed by atoms with Gasteiger partial charge in [0.25, 0.3) is 0 Å². The van der Waals surface area contributed by atoms with Gasteiger partial charge in [0, 0.05) is 0 Å². The molecule has 0 saturated heterocycles. The van der Waals surface area contributed by atoms with Crippen LogP contribution in [0.1, 0.15) is 13.8 Å². The monoisotopic (exact) mass is 117 g/mol. The van der Waals surface area contributed by atoms with Crippen LogP contribution in [0.5, 0.6) is 0 Å². The van der Waals surface area contributed by atoms with E-state index >= 15 is 0 Å². The summed E-state index contributed by atoms with van der Waals surface area (Å²) in [6, 6.07) is 0. The number of Topliss-reactive ketones (excluding diaryl/α,β-unsaturated/α-hetero) is 1. The van der Waals surface area contributed by atoms with Crippen LogP contribution < -0.4 is 5.73 Å². The van der Waals surface area contributed by atoms with Crippen LogP contribution >= 0.6 is 0 Å². The van der Waals surface area contributed by atoms with Crippen LogP contribution in [0, 0.1) is 0 Å². The Bertz CT molecular complexity index is 93.1. The minimum atomic E-state index is -1.26. The van der Waals surface area contributed by atoms with Crippen LogP contribution in [-0.4, -0.2) is 23.0 Å². The lowest BCUT2D eigenvalue weighted by Gasteiger charge is -2.12. The predicted octanol–water partition coefficient (Wildman–Crippen LogP) is -0.715. The summed E-state index contributed by atoms with van der Waals surface area (Å²) in [4.78, 5) is 10.5. The highest BCUT2D eigenvalue weighted by atomic mass is 16.3. The molecule has 0 saturated carbocycles. The first kappa shape index (κ1) is 7.59. The highest BCUT2D eigenvalue weighted by molar-refractivity contribution is 5.87. The highest BCUT2D eigenvalue weighted by Gasteiger charge is 2.20. The maximum absolute atomic E-state index is 10.5. The molecule has 0 aromatic rings. The highest BCUT2D eigenvalue weighted by Crippen LogP contribution is 1.99. The predicted molar refractivity (Wildman–Crippen MR) is 30.4 cm³/mol. The summed E-state index contributed by atoms with van der Waals surface area (Å²) in [5.41, 5.74) is 3.69. The standard InChI is InChI=1S/C5H11NO2/c1-5(2,8)4(7)3-6/h8H,3,6H2,1-2H3. The fourth-order valence-electron chi connectivity index (χ4n) is 0.250. The molecule has 0 atom stereocenters. The Labute approximate surface area is 48.5 Å². The average Bonchev–Trinajstić information content (AvgIpc) is 1.62. The van der Waals surface area contributed by atoms with Gasteiger partial charge in [0.05, 0.1) is 6.54 Å². The van der Waals surface area contributed by atoms with Gasteiger partial charge in [0.2, 0.25) is 0 Å². The molecule has 0 radical (unpaired) electrons. The van der Waals surface area contributed by atoms with E-state index in [2.05, 4.69) is 0 Å². The van der Waals surface area contributed by atoms with E-state index in [-0.39, 0.29) is 12.3 Å². The Balaban J connectivity index is 3.82. The van der Waals surface area contributed by atoms with E-state index in [0.717, 1.165) is 0 Å². The van der Waals surface area contributed by atoms with Crippen LogP contribution in [0.25, 0.3) is 0 Å². The van der Waals surface area contributed by atoms with E-state index in [1.54, 1.807) is 0 Å². The fourth-order valence-corrected chi connectivity index (χ4v) is 0.250. The van der Waals surface area contributed by atoms with Crippen molar-refractivity contribution in [2.45, 2.75) is 19.4 Å². The van der Waals surface area contributed by atoms with Crippen LogP contribution in [0.2, 0.25) is 0 Å². The second-order valence-corrected chi connectivity index (χ2v) is 2.19. The van der Waals surface area contributed by atoms with Gasteiger partial charge in [0.1, 0.15) is 5.60 Å². The first-order chi connectivity index (χ1) is 3.48. The molecule has 0 fully saturated rings. The quantitative estimate of drug-likeness (QED) is 0.502. The molecule has 0 bridgehead atoms. The van der Waals surface area contributed by atoms with E-state index in [1.165, 1.54) is 13.8 Å². The number of hydrogen-bond donors (Lipinski definition) is 2. The lowest BCUT2D eigenvalue weighted by Crippen LogP contribution is -2.36. The molecule has 0 aromatic heterocycles. The fraction of sp³-hybridized carbons (Fsp3) is 0.800. The number of rotatable bonds is 2. The summed E-state index contributed by atoms with van der Waals surface area (Å²) < 4.78 is 0. The van der Waals surface area contributed by atoms with Gasteiger partial charge in [-0.25, -0.2) is 0 Å². The minimum Gasteiger partial charge on any atom is -0.383 e. The number of aliphatic hydroxyl groups is 1. The summed E-state index contributed by atoms with van der Waals surface area (Å²) in [6.45, 7) is 2.74. The van der Waals surface area contributed by atoms with Crippen molar-refractivity contribution in [2.75, 3.05) is 6.54 Å². The van der Waals surface area contributed by atoms with Crippen LogP contribution in [0.4, 0.5) is 0 Å². The molecule has 0 aliphatic carbocycles. The van der Waals surface area contributed by atoms with Gasteiger partial charge in [-0.3, -0.25) is 4.79 Å². The Hall–Kier alpha value is -0.410. The normalized spacial score (nSPS) is 11.5. The Morgan fingerprint density at radius 1 is 1.75 bits per heavy atom. The lowest BCUT2D eigenvalue weighted by atomic mass is 10.1. The molecular formula is C5H11NO2. The largest absolute Gasteiger partial charge is 0.383 e. The van der Waals surface area contributed by atoms with Crippen molar-refractivity contribution in [2.24, 2.45) is 5.73 Å². The van der Waals surface area contributed by atoms with Crippen molar-refractivity contribution in [3.05, 3.63) is 0 Å². The van der Waals surface area contributed by atoms with Crippen molar-refractivity contribution >= 4 is 5.78 Å². The van der Waals surface area contributed by atoms with Gasteiger partial charge in [-0.15, -0.1) is 0 Å². The SMILES string of the molecule is CC(C)(O)C(=O)CN. The van der Waals surface area contributed by atoms with Crippen LogP contribution in [0.15, 0.2) is 0 Å². The zero-order valence-electron chi connectivity index (χ0n) is 5.14. The van der Waals surface area contributed by atoms with E-state index in [4.69, 9.17) is 10.8 Å². The second-order valence-electron chi connectivity index (χ2n) is 2.19. The summed E-state index contributed by atoms with van der Waals surface area (Å²) >= 11 is 0. The van der Waals surface area contributed by atoms with Gasteiger partial charge < -0.3 is 10.8 Å². The zero-order valence-corrected chi connectivity index (χ0v) is 5.14. The van der Waals surface area contributed by atoms with Gasteiger partial charge in [-0.05, 0) is 13.8 Å². The van der Waals surface area contributed by atoms with E-state index < -0.39 is 5.60 Å². The summed E-state index contributed by atoms with van der Waals surface area (Å²) in [5, 5.41) is 8.86. The third-order valence-corrected chi connectivity index (χ3v) is 0.868.